The van der Waals surface area contributed by atoms with Gasteiger partial charge in [0.05, 0.1) is 61.6 Å². The number of nitrogens with zero attached hydrogens (tertiary/aromatic N) is 6. The van der Waals surface area contributed by atoms with E-state index in [0.717, 1.165) is 117 Å². The first-order chi connectivity index (χ1) is 57.2. The van der Waals surface area contributed by atoms with E-state index in [1.165, 1.54) is 64.0 Å². The van der Waals surface area contributed by atoms with Crippen LogP contribution in [-0.4, -0.2) is 20.4 Å². The molecule has 0 spiro atoms. The Balaban J connectivity index is 0.932. The van der Waals surface area contributed by atoms with Crippen molar-refractivity contribution in [3.05, 3.63) is 337 Å². The summed E-state index contributed by atoms with van der Waals surface area (Å²) in [5.74, 6) is 0. The Morgan fingerprint density at radius 3 is 1.34 bits per heavy atom. The Morgan fingerprint density at radius 2 is 0.783 bits per heavy atom. The number of thiophene rings is 1. The maximum atomic E-state index is 10.5. The van der Waals surface area contributed by atoms with E-state index in [-0.39, 0.29) is 45.8 Å². The average Bonchev–Trinajstić information content (AvgIpc) is 1.06. The molecule has 554 valence electrons. The summed E-state index contributed by atoms with van der Waals surface area (Å²) in [6.45, 7) is 27.2. The summed E-state index contributed by atoms with van der Waals surface area (Å²) < 4.78 is 47.4. The minimum Gasteiger partial charge on any atom is -0.311 e. The largest absolute Gasteiger partial charge is 0.311 e. The molecule has 0 saturated heterocycles. The lowest BCUT2D eigenvalue weighted by Crippen LogP contribution is -2.61. The number of fused-ring (bicyclic) bond motifs is 17. The van der Waals surface area contributed by atoms with Crippen molar-refractivity contribution in [2.45, 2.75) is 105 Å². The molecule has 6 nitrogen and oxygen atoms in total. The van der Waals surface area contributed by atoms with E-state index in [2.05, 4.69) is 375 Å². The summed E-state index contributed by atoms with van der Waals surface area (Å²) >= 11 is 1.86. The molecule has 0 fully saturated rings. The van der Waals surface area contributed by atoms with Crippen molar-refractivity contribution in [1.82, 2.24) is 13.7 Å². The summed E-state index contributed by atoms with van der Waals surface area (Å²) in [5, 5.41) is 18.7. The highest BCUT2D eigenvalue weighted by molar-refractivity contribution is 7.26. The highest BCUT2D eigenvalue weighted by Gasteiger charge is 2.46. The second-order valence-corrected chi connectivity index (χ2v) is 36.8. The lowest BCUT2D eigenvalue weighted by Gasteiger charge is -2.45. The van der Waals surface area contributed by atoms with Crippen LogP contribution in [0.25, 0.3) is 136 Å². The van der Waals surface area contributed by atoms with Crippen molar-refractivity contribution >= 4 is 154 Å². The van der Waals surface area contributed by atoms with Crippen molar-refractivity contribution in [2.75, 3.05) is 9.80 Å². The first kappa shape index (κ1) is 65.6. The standard InChI is InChI=1S/C107H87BN6S/c1-104(2,3)69-40-49-89(80(58-69)66-27-16-13-17-28-66)113-95-62-74(111-87-37-24-22-33-77(87)82-55-65(64-109)39-48-91(82)111)44-46-85(95)108-86-47-45-75(112-92-51-42-71(106(7,8)9)60-83(92)84-61-72(107(10,11)12)43-52-93(84)112)63-96(86)114(90-50-41-70(105(4,5)6)59-81(90)67-29-18-14-19-30-67)98-57-68(56-97(113)102(98)108)76-35-26-36-79-101-99(115-103(76)79)54-53-94-100(101)78-34-23-25-38-88(78)110(94)73-31-20-15-21-32-73/h13-63H,1-12H3/i22D,24D,33D,37D. The fraction of sp³-hybridized carbons (Fsp3) is 0.150. The van der Waals surface area contributed by atoms with Crippen molar-refractivity contribution in [3.63, 3.8) is 0 Å². The number of para-hydroxylation sites is 3. The van der Waals surface area contributed by atoms with Gasteiger partial charge < -0.3 is 23.5 Å². The van der Waals surface area contributed by atoms with E-state index < -0.39 is 6.71 Å². The Morgan fingerprint density at radius 1 is 0.322 bits per heavy atom. The average molecular weight is 1500 g/mol. The molecule has 21 rings (SSSR count). The minimum absolute atomic E-state index is 0.106. The minimum atomic E-state index is -0.413. The first-order valence-corrected chi connectivity index (χ1v) is 41.0. The molecule has 2 aliphatic rings. The molecule has 2 aliphatic heterocycles. The lowest BCUT2D eigenvalue weighted by molar-refractivity contribution is 0.590. The normalized spacial score (nSPS) is 13.6. The van der Waals surface area contributed by atoms with Gasteiger partial charge in [-0.15, -0.1) is 11.3 Å². The van der Waals surface area contributed by atoms with E-state index in [1.807, 2.05) is 22.0 Å². The summed E-state index contributed by atoms with van der Waals surface area (Å²) in [6.07, 6.45) is 0. The first-order valence-electron chi connectivity index (χ1n) is 42.1. The highest BCUT2D eigenvalue weighted by Crippen LogP contribution is 2.54. The molecule has 115 heavy (non-hydrogen) atoms. The van der Waals surface area contributed by atoms with Crippen LogP contribution in [0.5, 0.6) is 0 Å². The Bertz CT molecular complexity index is 7530. The third kappa shape index (κ3) is 10.9. The molecule has 0 aliphatic carbocycles. The van der Waals surface area contributed by atoms with E-state index in [9.17, 15) is 9.37 Å². The molecule has 0 N–H and O–H groups in total. The fourth-order valence-electron chi connectivity index (χ4n) is 18.7. The van der Waals surface area contributed by atoms with Crippen molar-refractivity contribution in [1.29, 1.82) is 5.26 Å². The highest BCUT2D eigenvalue weighted by atomic mass is 32.1. The second-order valence-electron chi connectivity index (χ2n) is 35.7. The monoisotopic (exact) mass is 1500 g/mol. The Labute approximate surface area is 682 Å². The van der Waals surface area contributed by atoms with Crippen LogP contribution in [0.15, 0.2) is 309 Å². The summed E-state index contributed by atoms with van der Waals surface area (Å²) in [6, 6.07) is 107. The second kappa shape index (κ2) is 25.5. The molecular formula is C107H87BN6S. The molecule has 0 radical (unpaired) electrons. The van der Waals surface area contributed by atoms with Crippen LogP contribution >= 0.6 is 11.3 Å². The number of hydrogen-bond acceptors (Lipinski definition) is 4. The maximum absolute atomic E-state index is 10.5. The van der Waals surface area contributed by atoms with Gasteiger partial charge in [0.1, 0.15) is 0 Å². The van der Waals surface area contributed by atoms with E-state index in [0.29, 0.717) is 33.1 Å². The van der Waals surface area contributed by atoms with Crippen LogP contribution < -0.4 is 26.2 Å². The topological polar surface area (TPSA) is 45.1 Å². The van der Waals surface area contributed by atoms with Gasteiger partial charge in [-0.25, -0.2) is 0 Å². The van der Waals surface area contributed by atoms with Gasteiger partial charge in [-0.2, -0.15) is 5.26 Å². The molecule has 8 heteroatoms. The predicted molar refractivity (Wildman–Crippen MR) is 492 cm³/mol. The molecule has 0 unspecified atom stereocenters. The number of anilines is 6. The molecule has 19 aromatic rings. The molecule has 6 heterocycles. The van der Waals surface area contributed by atoms with Crippen LogP contribution in [0.1, 0.15) is 116 Å². The zero-order chi connectivity index (χ0) is 81.9. The van der Waals surface area contributed by atoms with Gasteiger partial charge in [0.2, 0.25) is 0 Å². The van der Waals surface area contributed by atoms with Crippen molar-refractivity contribution in [3.8, 4) is 56.5 Å². The van der Waals surface area contributed by atoms with Crippen LogP contribution in [0.2, 0.25) is 0 Å². The van der Waals surface area contributed by atoms with Gasteiger partial charge in [0, 0.05) is 103 Å². The smallest absolute Gasteiger partial charge is 0.252 e. The quantitative estimate of drug-likeness (QED) is 0.142. The van der Waals surface area contributed by atoms with Gasteiger partial charge in [0.25, 0.3) is 6.71 Å². The van der Waals surface area contributed by atoms with Crippen LogP contribution in [0, 0.1) is 11.3 Å². The van der Waals surface area contributed by atoms with Crippen LogP contribution in [0.3, 0.4) is 0 Å². The van der Waals surface area contributed by atoms with E-state index in [1.54, 1.807) is 12.1 Å². The molecule has 15 aromatic carbocycles. The van der Waals surface area contributed by atoms with E-state index >= 15 is 0 Å². The third-order valence-electron chi connectivity index (χ3n) is 24.6. The molecule has 0 saturated carbocycles. The zero-order valence-electron chi connectivity index (χ0n) is 70.8. The Kier molecular flexibility index (Phi) is 14.6. The van der Waals surface area contributed by atoms with Crippen molar-refractivity contribution in [2.24, 2.45) is 0 Å². The number of hydrogen-bond donors (Lipinski definition) is 0. The van der Waals surface area contributed by atoms with Gasteiger partial charge in [-0.3, -0.25) is 0 Å². The molecule has 4 aromatic heterocycles. The molecular weight excluding hydrogens is 1410 g/mol. The van der Waals surface area contributed by atoms with Crippen LogP contribution in [0.4, 0.5) is 34.1 Å². The van der Waals surface area contributed by atoms with Gasteiger partial charge >= 0.3 is 0 Å². The van der Waals surface area contributed by atoms with Crippen LogP contribution in [-0.2, 0) is 21.7 Å². The number of aromatic nitrogens is 3. The summed E-state index contributed by atoms with van der Waals surface area (Å²) in [7, 11) is 0. The number of nitriles is 1. The zero-order valence-corrected chi connectivity index (χ0v) is 67.6. The maximum Gasteiger partial charge on any atom is 0.252 e. The SMILES string of the molecule is [2H]c1c([2H])c([2H])c2c(c1[2H])c1cc(C#N)ccc1n2-c1ccc2c(c1)N(c1ccc(C(C)(C)C)cc1-c1ccccc1)c1cc(-c3cccc4c3sc3ccc5c(c6ccccc6n5-c5ccccc5)c34)cc3c1B2c1ccc(-n2c4ccc(C(C)(C)C)cc4c4cc(C(C)(C)C)ccc42)cc1N3c1ccc(C(C)(C)C)cc1-c1ccccc1. The van der Waals surface area contributed by atoms with E-state index in [4.69, 9.17) is 1.37 Å². The van der Waals surface area contributed by atoms with Gasteiger partial charge in [0.15, 0.2) is 0 Å². The lowest BCUT2D eigenvalue weighted by atomic mass is 9.33. The third-order valence-corrected chi connectivity index (χ3v) is 25.8. The molecule has 0 bridgehead atoms. The van der Waals surface area contributed by atoms with Gasteiger partial charge in [-0.1, -0.05) is 253 Å². The summed E-state index contributed by atoms with van der Waals surface area (Å²) in [5.41, 5.74) is 28.7. The van der Waals surface area contributed by atoms with Gasteiger partial charge in [-0.05, 0) is 222 Å². The fourth-order valence-corrected chi connectivity index (χ4v) is 20.0. The predicted octanol–water partition coefficient (Wildman–Crippen LogP) is 27.5. The molecule has 0 amide bonds. The van der Waals surface area contributed by atoms with Crippen molar-refractivity contribution < 1.29 is 5.48 Å². The Hall–Kier alpha value is -12.9. The summed E-state index contributed by atoms with van der Waals surface area (Å²) in [4.78, 5) is 5.16. The number of benzene rings is 15. The molecule has 0 atom stereocenters. The number of rotatable bonds is 8.